The molecule has 46 heavy (non-hydrogen) atoms. The maximum atomic E-state index is 14.9. The smallest absolute Gasteiger partial charge is 0.408 e. The lowest BCUT2D eigenvalue weighted by atomic mass is 9.90. The molecule has 0 aliphatic carbocycles. The summed E-state index contributed by atoms with van der Waals surface area (Å²) in [7, 11) is 0. The summed E-state index contributed by atoms with van der Waals surface area (Å²) in [6, 6.07) is 28.6. The number of fused-ring (bicyclic) bond motifs is 1. The van der Waals surface area contributed by atoms with E-state index < -0.39 is 35.2 Å². The second kappa shape index (κ2) is 14.5. The van der Waals surface area contributed by atoms with Crippen LogP contribution >= 0.6 is 0 Å². The van der Waals surface area contributed by atoms with Gasteiger partial charge in [0.25, 0.3) is 5.91 Å². The molecule has 7 nitrogen and oxygen atoms in total. The van der Waals surface area contributed by atoms with E-state index in [1.54, 1.807) is 31.7 Å². The van der Waals surface area contributed by atoms with Crippen molar-refractivity contribution in [2.75, 3.05) is 5.32 Å². The maximum absolute atomic E-state index is 14.9. The Hall–Kier alpha value is -4.91. The van der Waals surface area contributed by atoms with E-state index in [1.165, 1.54) is 0 Å². The van der Waals surface area contributed by atoms with Gasteiger partial charge in [0.1, 0.15) is 17.7 Å². The van der Waals surface area contributed by atoms with Crippen LogP contribution in [0.1, 0.15) is 70.7 Å². The zero-order valence-corrected chi connectivity index (χ0v) is 27.7. The molecule has 2 unspecified atom stereocenters. The van der Waals surface area contributed by atoms with Gasteiger partial charge in [0.2, 0.25) is 5.91 Å². The second-order valence-corrected chi connectivity index (χ2v) is 13.1. The minimum atomic E-state index is -1.03. The number of alkyl carbamates (subject to hydrolysis) is 1. The van der Waals surface area contributed by atoms with Crippen LogP contribution in [0.4, 0.5) is 10.5 Å². The molecule has 0 bridgehead atoms. The monoisotopic (exact) mass is 619 g/mol. The van der Waals surface area contributed by atoms with Crippen molar-refractivity contribution in [3.8, 4) is 0 Å². The Balaban J connectivity index is 1.82. The molecular weight excluding hydrogens is 574 g/mol. The number of hydrogen-bond donors (Lipinski definition) is 2. The molecule has 0 aromatic heterocycles. The predicted octanol–water partition coefficient (Wildman–Crippen LogP) is 8.32. The van der Waals surface area contributed by atoms with Crippen molar-refractivity contribution in [1.82, 2.24) is 10.2 Å². The molecule has 240 valence electrons. The van der Waals surface area contributed by atoms with Gasteiger partial charge >= 0.3 is 6.09 Å². The number of nitrogens with one attached hydrogen (secondary N) is 2. The van der Waals surface area contributed by atoms with E-state index in [9.17, 15) is 14.4 Å². The number of rotatable bonds is 11. The first-order valence-corrected chi connectivity index (χ1v) is 15.7. The van der Waals surface area contributed by atoms with Gasteiger partial charge in [0.05, 0.1) is 0 Å². The van der Waals surface area contributed by atoms with E-state index in [1.807, 2.05) is 118 Å². The maximum Gasteiger partial charge on any atom is 0.408 e. The highest BCUT2D eigenvalue weighted by Gasteiger charge is 2.43. The van der Waals surface area contributed by atoms with Crippen molar-refractivity contribution in [2.45, 2.75) is 77.6 Å². The minimum Gasteiger partial charge on any atom is -0.444 e. The topological polar surface area (TPSA) is 87.7 Å². The van der Waals surface area contributed by atoms with Crippen molar-refractivity contribution in [3.05, 3.63) is 120 Å². The number of carbonyl (C=O) groups excluding carboxylic acids is 3. The van der Waals surface area contributed by atoms with Gasteiger partial charge < -0.3 is 20.3 Å². The SMILES string of the molecule is C=Cc1cccc(C(C(=O)Nc2ccc3ccccc3c2)N(C(=O)C(Cc2ccccc2)NC(=O)OC(C)(C)C)C(C)(C)CC)c1. The number of amides is 3. The van der Waals surface area contributed by atoms with Crippen molar-refractivity contribution in [2.24, 2.45) is 0 Å². The summed E-state index contributed by atoms with van der Waals surface area (Å²) < 4.78 is 5.57. The Morgan fingerprint density at radius 1 is 0.848 bits per heavy atom. The van der Waals surface area contributed by atoms with Gasteiger partial charge in [0, 0.05) is 17.6 Å². The molecule has 0 fully saturated rings. The second-order valence-electron chi connectivity index (χ2n) is 13.1. The van der Waals surface area contributed by atoms with Crippen LogP contribution < -0.4 is 10.6 Å². The molecule has 0 spiro atoms. The minimum absolute atomic E-state index is 0.209. The molecule has 7 heteroatoms. The average Bonchev–Trinajstić information content (AvgIpc) is 3.02. The summed E-state index contributed by atoms with van der Waals surface area (Å²) in [5, 5.41) is 7.96. The number of hydrogen-bond acceptors (Lipinski definition) is 4. The lowest BCUT2D eigenvalue weighted by molar-refractivity contribution is -0.147. The fourth-order valence-electron chi connectivity index (χ4n) is 5.36. The Morgan fingerprint density at radius 3 is 2.17 bits per heavy atom. The molecule has 0 radical (unpaired) electrons. The summed E-state index contributed by atoms with van der Waals surface area (Å²) in [6.45, 7) is 15.1. The van der Waals surface area contributed by atoms with Gasteiger partial charge in [-0.2, -0.15) is 0 Å². The van der Waals surface area contributed by atoms with Gasteiger partial charge in [-0.1, -0.05) is 98.4 Å². The predicted molar refractivity (Wildman–Crippen MR) is 186 cm³/mol. The van der Waals surface area contributed by atoms with Gasteiger partial charge in [0.15, 0.2) is 0 Å². The highest BCUT2D eigenvalue weighted by atomic mass is 16.6. The zero-order chi connectivity index (χ0) is 33.5. The van der Waals surface area contributed by atoms with E-state index >= 15 is 0 Å². The van der Waals surface area contributed by atoms with E-state index in [-0.39, 0.29) is 12.3 Å². The van der Waals surface area contributed by atoms with Crippen LogP contribution in [0.15, 0.2) is 104 Å². The van der Waals surface area contributed by atoms with E-state index in [0.29, 0.717) is 17.7 Å². The van der Waals surface area contributed by atoms with Crippen LogP contribution in [0.5, 0.6) is 0 Å². The van der Waals surface area contributed by atoms with Crippen LogP contribution in [0, 0.1) is 0 Å². The fourth-order valence-corrected chi connectivity index (χ4v) is 5.36. The third-order valence-corrected chi connectivity index (χ3v) is 8.01. The highest BCUT2D eigenvalue weighted by molar-refractivity contribution is 6.00. The Morgan fingerprint density at radius 2 is 1.52 bits per heavy atom. The molecule has 4 rings (SSSR count). The summed E-state index contributed by atoms with van der Waals surface area (Å²) in [5.41, 5.74) is 1.36. The van der Waals surface area contributed by atoms with E-state index in [0.717, 1.165) is 21.9 Å². The molecule has 3 amide bonds. The summed E-state index contributed by atoms with van der Waals surface area (Å²) in [4.78, 5) is 44.2. The standard InChI is InChI=1S/C39H45N3O4/c1-8-27-18-15-21-31(24-27)34(35(43)40-32-23-22-29-19-13-14-20-30(29)26-32)42(39(6,7)9-2)36(44)33(25-28-16-11-10-12-17-28)41-37(45)46-38(3,4)5/h8,10-24,26,33-34H,1,9,25H2,2-7H3,(H,40,43)(H,41,45). The lowest BCUT2D eigenvalue weighted by Crippen LogP contribution is -2.59. The number of ether oxygens (including phenoxy) is 1. The third kappa shape index (κ3) is 8.62. The normalized spacial score (nSPS) is 12.9. The molecule has 4 aromatic rings. The van der Waals surface area contributed by atoms with Gasteiger partial charge in [-0.15, -0.1) is 0 Å². The van der Waals surface area contributed by atoms with Crippen molar-refractivity contribution < 1.29 is 19.1 Å². The molecule has 2 atom stereocenters. The van der Waals surface area contributed by atoms with Crippen LogP contribution in [0.3, 0.4) is 0 Å². The quantitative estimate of drug-likeness (QED) is 0.177. The molecule has 0 saturated carbocycles. The first-order valence-electron chi connectivity index (χ1n) is 15.7. The van der Waals surface area contributed by atoms with Crippen LogP contribution in [0.25, 0.3) is 16.8 Å². The van der Waals surface area contributed by atoms with Crippen molar-refractivity contribution >= 4 is 40.4 Å². The Bertz CT molecular complexity index is 1690. The summed E-state index contributed by atoms with van der Waals surface area (Å²) in [6.07, 6.45) is 1.76. The third-order valence-electron chi connectivity index (χ3n) is 8.01. The van der Waals surface area contributed by atoms with E-state index in [4.69, 9.17) is 4.74 Å². The van der Waals surface area contributed by atoms with Gasteiger partial charge in [-0.25, -0.2) is 4.79 Å². The largest absolute Gasteiger partial charge is 0.444 e. The first kappa shape index (κ1) is 34.0. The fraction of sp³-hybridized carbons (Fsp3) is 0.308. The average molecular weight is 620 g/mol. The first-order chi connectivity index (χ1) is 21.8. The molecule has 2 N–H and O–H groups in total. The van der Waals surface area contributed by atoms with Crippen LogP contribution in [0.2, 0.25) is 0 Å². The van der Waals surface area contributed by atoms with Gasteiger partial charge in [-0.05, 0) is 86.7 Å². The molecular formula is C39H45N3O4. The van der Waals surface area contributed by atoms with Crippen LogP contribution in [-0.2, 0) is 20.7 Å². The van der Waals surface area contributed by atoms with Gasteiger partial charge in [-0.3, -0.25) is 9.59 Å². The van der Waals surface area contributed by atoms with Crippen molar-refractivity contribution in [1.29, 1.82) is 0 Å². The summed E-state index contributed by atoms with van der Waals surface area (Å²) in [5.74, 6) is -0.772. The van der Waals surface area contributed by atoms with Crippen molar-refractivity contribution in [3.63, 3.8) is 0 Å². The number of benzene rings is 4. The summed E-state index contributed by atoms with van der Waals surface area (Å²) >= 11 is 0. The zero-order valence-electron chi connectivity index (χ0n) is 27.7. The number of anilines is 1. The molecule has 0 aliphatic rings. The van der Waals surface area contributed by atoms with Crippen LogP contribution in [-0.4, -0.2) is 40.0 Å². The Kier molecular flexibility index (Phi) is 10.7. The molecule has 0 saturated heterocycles. The lowest BCUT2D eigenvalue weighted by Gasteiger charge is -2.44. The number of carbonyl (C=O) groups is 3. The Labute approximate surface area is 272 Å². The number of nitrogens with zero attached hydrogens (tertiary/aromatic N) is 1. The molecule has 0 heterocycles. The molecule has 0 aliphatic heterocycles. The highest BCUT2D eigenvalue weighted by Crippen LogP contribution is 2.34. The molecule has 4 aromatic carbocycles. The van der Waals surface area contributed by atoms with E-state index in [2.05, 4.69) is 17.2 Å².